The van der Waals surface area contributed by atoms with Gasteiger partial charge in [0.2, 0.25) is 0 Å². The lowest BCUT2D eigenvalue weighted by Gasteiger charge is -2.16. The summed E-state index contributed by atoms with van der Waals surface area (Å²) in [5.74, 6) is -0.0670. The van der Waals surface area contributed by atoms with Crippen molar-refractivity contribution in [3.8, 4) is 17.2 Å². The second-order valence-corrected chi connectivity index (χ2v) is 7.87. The van der Waals surface area contributed by atoms with Crippen molar-refractivity contribution in [3.05, 3.63) is 89.5 Å². The highest BCUT2D eigenvalue weighted by atomic mass is 19.1. The maximum Gasteiger partial charge on any atom is 0.344 e. The van der Waals surface area contributed by atoms with Crippen LogP contribution in [-0.4, -0.2) is 35.9 Å². The van der Waals surface area contributed by atoms with Crippen molar-refractivity contribution in [1.82, 2.24) is 4.98 Å². The van der Waals surface area contributed by atoms with Gasteiger partial charge in [0.25, 0.3) is 0 Å². The van der Waals surface area contributed by atoms with Crippen LogP contribution in [-0.2, 0) is 17.6 Å². The second-order valence-electron chi connectivity index (χ2n) is 7.87. The third kappa shape index (κ3) is 7.84. The first-order valence-corrected chi connectivity index (χ1v) is 11.5. The first-order valence-electron chi connectivity index (χ1n) is 11.5. The molecule has 1 unspecified atom stereocenters. The summed E-state index contributed by atoms with van der Waals surface area (Å²) >= 11 is 0. The molecule has 0 bridgehead atoms. The number of allylic oxidation sites excluding steroid dienone is 1. The third-order valence-corrected chi connectivity index (χ3v) is 5.39. The van der Waals surface area contributed by atoms with Crippen molar-refractivity contribution in [2.75, 3.05) is 13.7 Å². The molecular formula is C28H30FNO5. The first kappa shape index (κ1) is 25.7. The summed E-state index contributed by atoms with van der Waals surface area (Å²) in [7, 11) is 1.50. The SMILES string of the molecule is CCc1ccc(CCOc2ccc(F)cc2/C=C/CCC(Oc2ccccc2OC)C(=O)O)nc1. The van der Waals surface area contributed by atoms with Crippen molar-refractivity contribution >= 4 is 12.0 Å². The average molecular weight is 480 g/mol. The molecule has 1 heterocycles. The van der Waals surface area contributed by atoms with Crippen molar-refractivity contribution in [1.29, 1.82) is 0 Å². The summed E-state index contributed by atoms with van der Waals surface area (Å²) in [6, 6.07) is 15.3. The number of aliphatic carboxylic acids is 1. The largest absolute Gasteiger partial charge is 0.493 e. The number of ether oxygens (including phenoxy) is 3. The van der Waals surface area contributed by atoms with E-state index in [1.807, 2.05) is 12.3 Å². The van der Waals surface area contributed by atoms with E-state index in [2.05, 4.69) is 18.0 Å². The Balaban J connectivity index is 1.58. The van der Waals surface area contributed by atoms with Crippen LogP contribution in [0.2, 0.25) is 0 Å². The van der Waals surface area contributed by atoms with E-state index in [1.54, 1.807) is 42.5 Å². The average Bonchev–Trinajstić information content (AvgIpc) is 2.87. The van der Waals surface area contributed by atoms with Gasteiger partial charge in [0, 0.05) is 23.9 Å². The molecule has 0 saturated carbocycles. The lowest BCUT2D eigenvalue weighted by Crippen LogP contribution is -2.26. The van der Waals surface area contributed by atoms with E-state index in [4.69, 9.17) is 14.2 Å². The van der Waals surface area contributed by atoms with Crippen molar-refractivity contribution in [2.45, 2.75) is 38.7 Å². The predicted molar refractivity (Wildman–Crippen MR) is 133 cm³/mol. The second kappa shape index (κ2) is 13.1. The molecule has 2 aromatic carbocycles. The van der Waals surface area contributed by atoms with Gasteiger partial charge >= 0.3 is 5.97 Å². The Morgan fingerprint density at radius 2 is 1.91 bits per heavy atom. The number of aryl methyl sites for hydroxylation is 1. The minimum Gasteiger partial charge on any atom is -0.493 e. The minimum absolute atomic E-state index is 0.231. The fourth-order valence-corrected chi connectivity index (χ4v) is 3.42. The normalized spacial score (nSPS) is 11.9. The molecule has 1 aromatic heterocycles. The summed E-state index contributed by atoms with van der Waals surface area (Å²) in [5, 5.41) is 9.55. The molecule has 0 fully saturated rings. The molecule has 0 aliphatic rings. The van der Waals surface area contributed by atoms with Crippen molar-refractivity contribution in [2.24, 2.45) is 0 Å². The number of carbonyl (C=O) groups is 1. The van der Waals surface area contributed by atoms with Crippen molar-refractivity contribution < 1.29 is 28.5 Å². The van der Waals surface area contributed by atoms with E-state index in [0.29, 0.717) is 42.3 Å². The standard InChI is InChI=1S/C28H30FNO5/c1-3-20-12-14-23(30-19-20)16-17-34-24-15-13-22(29)18-21(24)8-4-5-11-27(28(31)32)35-26-10-7-6-9-25(26)33-2/h4,6-10,12-15,18-19,27H,3,5,11,16-17H2,1-2H3,(H,31,32)/b8-4+. The van der Waals surface area contributed by atoms with Crippen LogP contribution >= 0.6 is 0 Å². The molecule has 0 aliphatic heterocycles. The van der Waals surface area contributed by atoms with Gasteiger partial charge in [0.15, 0.2) is 17.6 Å². The summed E-state index contributed by atoms with van der Waals surface area (Å²) < 4.78 is 30.6. The van der Waals surface area contributed by atoms with Gasteiger partial charge in [-0.25, -0.2) is 9.18 Å². The highest BCUT2D eigenvalue weighted by Gasteiger charge is 2.20. The lowest BCUT2D eigenvalue weighted by atomic mass is 10.1. The molecule has 7 heteroatoms. The first-order chi connectivity index (χ1) is 17.0. The molecule has 35 heavy (non-hydrogen) atoms. The van der Waals surface area contributed by atoms with Crippen LogP contribution in [0.1, 0.15) is 36.6 Å². The number of methoxy groups -OCH3 is 1. The topological polar surface area (TPSA) is 77.9 Å². The number of hydrogen-bond donors (Lipinski definition) is 1. The lowest BCUT2D eigenvalue weighted by molar-refractivity contribution is -0.145. The quantitative estimate of drug-likeness (QED) is 0.337. The van der Waals surface area contributed by atoms with Gasteiger partial charge in [-0.15, -0.1) is 0 Å². The fraction of sp³-hybridized carbons (Fsp3) is 0.286. The van der Waals surface area contributed by atoms with Gasteiger partial charge in [0.05, 0.1) is 13.7 Å². The van der Waals surface area contributed by atoms with Crippen LogP contribution in [0.5, 0.6) is 17.2 Å². The number of carboxylic acid groups (broad SMARTS) is 1. The monoisotopic (exact) mass is 479 g/mol. The summed E-state index contributed by atoms with van der Waals surface area (Å²) in [4.78, 5) is 16.1. The maximum absolute atomic E-state index is 13.9. The van der Waals surface area contributed by atoms with Crippen LogP contribution in [0.3, 0.4) is 0 Å². The van der Waals surface area contributed by atoms with E-state index in [0.717, 1.165) is 12.1 Å². The number of pyridine rings is 1. The van der Waals surface area contributed by atoms with Crippen molar-refractivity contribution in [3.63, 3.8) is 0 Å². The zero-order chi connectivity index (χ0) is 25.0. The maximum atomic E-state index is 13.9. The van der Waals surface area contributed by atoms with E-state index in [-0.39, 0.29) is 12.2 Å². The third-order valence-electron chi connectivity index (χ3n) is 5.39. The summed E-state index contributed by atoms with van der Waals surface area (Å²) in [6.45, 7) is 2.48. The fourth-order valence-electron chi connectivity index (χ4n) is 3.42. The van der Waals surface area contributed by atoms with Gasteiger partial charge in [-0.3, -0.25) is 4.98 Å². The Morgan fingerprint density at radius 1 is 1.11 bits per heavy atom. The number of aromatic nitrogens is 1. The molecule has 3 aromatic rings. The predicted octanol–water partition coefficient (Wildman–Crippen LogP) is 5.74. The molecule has 0 saturated heterocycles. The number of hydrogen-bond acceptors (Lipinski definition) is 5. The number of carboxylic acids is 1. The number of nitrogens with zero attached hydrogens (tertiary/aromatic N) is 1. The molecule has 1 atom stereocenters. The smallest absolute Gasteiger partial charge is 0.344 e. The molecule has 6 nitrogen and oxygen atoms in total. The molecule has 1 N–H and O–H groups in total. The highest BCUT2D eigenvalue weighted by molar-refractivity contribution is 5.73. The zero-order valence-corrected chi connectivity index (χ0v) is 19.9. The van der Waals surface area contributed by atoms with Crippen LogP contribution in [0.25, 0.3) is 6.08 Å². The molecule has 184 valence electrons. The number of halogens is 1. The van der Waals surface area contributed by atoms with Gasteiger partial charge < -0.3 is 19.3 Å². The van der Waals surface area contributed by atoms with E-state index in [9.17, 15) is 14.3 Å². The molecule has 3 rings (SSSR count). The van der Waals surface area contributed by atoms with Gasteiger partial charge in [-0.1, -0.05) is 37.3 Å². The number of para-hydroxylation sites is 2. The Hall–Kier alpha value is -3.87. The van der Waals surface area contributed by atoms with Crippen LogP contribution in [0.15, 0.2) is 66.9 Å². The van der Waals surface area contributed by atoms with Crippen LogP contribution < -0.4 is 14.2 Å². The minimum atomic E-state index is -1.07. The Kier molecular flexibility index (Phi) is 9.66. The van der Waals surface area contributed by atoms with Crippen LogP contribution in [0, 0.1) is 5.82 Å². The van der Waals surface area contributed by atoms with E-state index < -0.39 is 12.1 Å². The molecule has 0 amide bonds. The molecule has 0 radical (unpaired) electrons. The Labute approximate surface area is 205 Å². The van der Waals surface area contributed by atoms with E-state index in [1.165, 1.54) is 24.8 Å². The summed E-state index contributed by atoms with van der Waals surface area (Å²) in [5.41, 5.74) is 2.69. The molecular weight excluding hydrogens is 449 g/mol. The molecule has 0 spiro atoms. The zero-order valence-electron chi connectivity index (χ0n) is 19.9. The van der Waals surface area contributed by atoms with Crippen LogP contribution in [0.4, 0.5) is 4.39 Å². The number of rotatable bonds is 13. The highest BCUT2D eigenvalue weighted by Crippen LogP contribution is 2.28. The number of benzene rings is 2. The van der Waals surface area contributed by atoms with E-state index >= 15 is 0 Å². The Bertz CT molecular complexity index is 1130. The van der Waals surface area contributed by atoms with Gasteiger partial charge in [0.1, 0.15) is 11.6 Å². The van der Waals surface area contributed by atoms with Gasteiger partial charge in [-0.2, -0.15) is 0 Å². The summed E-state index contributed by atoms with van der Waals surface area (Å²) in [6.07, 6.45) is 6.54. The Morgan fingerprint density at radius 3 is 2.60 bits per heavy atom. The molecule has 0 aliphatic carbocycles. The van der Waals surface area contributed by atoms with Gasteiger partial charge in [-0.05, 0) is 61.2 Å².